The molecule has 1 heterocycles. The number of carbonyl (C=O) groups excluding carboxylic acids is 3. The van der Waals surface area contributed by atoms with Gasteiger partial charge in [0.15, 0.2) is 0 Å². The molecule has 0 saturated carbocycles. The maximum atomic E-state index is 13.5. The molecule has 0 aliphatic rings. The summed E-state index contributed by atoms with van der Waals surface area (Å²) in [5.41, 5.74) is 2.61. The first-order valence-electron chi connectivity index (χ1n) is 13.7. The summed E-state index contributed by atoms with van der Waals surface area (Å²) in [6.45, 7) is 0. The lowest BCUT2D eigenvalue weighted by Gasteiger charge is -2.18. The van der Waals surface area contributed by atoms with Crippen molar-refractivity contribution in [1.29, 1.82) is 0 Å². The third-order valence-corrected chi connectivity index (χ3v) is 8.49. The van der Waals surface area contributed by atoms with Crippen LogP contribution >= 0.6 is 23.1 Å². The Balaban J connectivity index is 1.30. The monoisotopic (exact) mass is 619 g/mol. The third-order valence-electron chi connectivity index (χ3n) is 6.40. The first-order valence-corrected chi connectivity index (χ1v) is 15.4. The van der Waals surface area contributed by atoms with Crippen LogP contribution in [0.5, 0.6) is 5.75 Å². The lowest BCUT2D eigenvalue weighted by Crippen LogP contribution is -2.30. The summed E-state index contributed by atoms with van der Waals surface area (Å²) in [7, 11) is 1.58. The van der Waals surface area contributed by atoms with Crippen LogP contribution < -0.4 is 20.7 Å². The fraction of sp³-hybridized carbons (Fsp3) is 0.0571. The van der Waals surface area contributed by atoms with Gasteiger partial charge < -0.3 is 20.7 Å². The molecule has 5 rings (SSSR count). The Labute approximate surface area is 264 Å². The third kappa shape index (κ3) is 8.25. The zero-order chi connectivity index (χ0) is 30.7. The Bertz CT molecular complexity index is 1740. The molecule has 0 aliphatic carbocycles. The minimum Gasteiger partial charge on any atom is -0.497 e. The number of thiophene rings is 1. The van der Waals surface area contributed by atoms with Crippen molar-refractivity contribution in [3.05, 3.63) is 148 Å². The molecule has 220 valence electrons. The highest BCUT2D eigenvalue weighted by Gasteiger charge is 2.23. The van der Waals surface area contributed by atoms with Crippen LogP contribution in [0.1, 0.15) is 26.0 Å². The van der Waals surface area contributed by atoms with Crippen LogP contribution in [0.2, 0.25) is 0 Å². The van der Waals surface area contributed by atoms with Crippen molar-refractivity contribution < 1.29 is 19.1 Å². The smallest absolute Gasteiger partial charge is 0.272 e. The number of anilines is 2. The first-order chi connectivity index (χ1) is 21.5. The average molecular weight is 620 g/mol. The molecule has 0 fully saturated rings. The molecule has 3 N–H and O–H groups in total. The number of benzene rings is 4. The average Bonchev–Trinajstić information content (AvgIpc) is 3.58. The zero-order valence-electron chi connectivity index (χ0n) is 23.7. The highest BCUT2D eigenvalue weighted by Crippen LogP contribution is 2.37. The minimum absolute atomic E-state index is 0.123. The van der Waals surface area contributed by atoms with Crippen LogP contribution in [0.25, 0.3) is 6.08 Å². The summed E-state index contributed by atoms with van der Waals surface area (Å²) in [6.07, 6.45) is 1.65. The number of nitrogens with one attached hydrogen (secondary N) is 3. The van der Waals surface area contributed by atoms with Gasteiger partial charge in [-0.05, 0) is 71.6 Å². The van der Waals surface area contributed by atoms with Gasteiger partial charge in [0.25, 0.3) is 11.8 Å². The van der Waals surface area contributed by atoms with Gasteiger partial charge in [-0.25, -0.2) is 0 Å². The standard InChI is InChI=1S/C35H29N3O4S2/c1-42-28-15-8-14-27(22-28)37-35(41)32(24-10-4-2-5-11-24)44-29-19-17-26(18-20-29)36-34(40)31(23-30-16-9-21-43-30)38-33(39)25-12-6-3-7-13-25/h2-23,32H,1H3,(H,36,40)(H,37,41)(H,38,39)/b31-23-. The van der Waals surface area contributed by atoms with E-state index in [0.29, 0.717) is 22.7 Å². The molecule has 0 bridgehead atoms. The molecule has 3 amide bonds. The molecule has 0 saturated heterocycles. The summed E-state index contributed by atoms with van der Waals surface area (Å²) >= 11 is 2.86. The topological polar surface area (TPSA) is 96.5 Å². The molecule has 7 nitrogen and oxygen atoms in total. The number of hydrogen-bond acceptors (Lipinski definition) is 6. The van der Waals surface area contributed by atoms with Crippen molar-refractivity contribution in [1.82, 2.24) is 5.32 Å². The number of hydrogen-bond donors (Lipinski definition) is 3. The second-order valence-corrected chi connectivity index (χ2v) is 11.7. The van der Waals surface area contributed by atoms with Gasteiger partial charge >= 0.3 is 0 Å². The molecule has 44 heavy (non-hydrogen) atoms. The molecule has 0 spiro atoms. The van der Waals surface area contributed by atoms with Gasteiger partial charge in [-0.1, -0.05) is 60.7 Å². The summed E-state index contributed by atoms with van der Waals surface area (Å²) in [5.74, 6) is -0.362. The predicted octanol–water partition coefficient (Wildman–Crippen LogP) is 7.64. The number of amides is 3. The van der Waals surface area contributed by atoms with E-state index in [9.17, 15) is 14.4 Å². The fourth-order valence-corrected chi connectivity index (χ4v) is 5.90. The van der Waals surface area contributed by atoms with Crippen molar-refractivity contribution in [3.8, 4) is 5.75 Å². The van der Waals surface area contributed by atoms with Gasteiger partial charge in [-0.15, -0.1) is 23.1 Å². The Kier molecular flexibility index (Phi) is 10.2. The maximum absolute atomic E-state index is 13.5. The minimum atomic E-state index is -0.531. The van der Waals surface area contributed by atoms with Crippen LogP contribution in [-0.4, -0.2) is 24.8 Å². The molecule has 5 aromatic rings. The molecule has 0 radical (unpaired) electrons. The molecule has 1 aromatic heterocycles. The first kappa shape index (κ1) is 30.3. The Morgan fingerprint density at radius 1 is 0.773 bits per heavy atom. The summed E-state index contributed by atoms with van der Waals surface area (Å²) < 4.78 is 5.29. The van der Waals surface area contributed by atoms with E-state index in [1.54, 1.807) is 55.7 Å². The van der Waals surface area contributed by atoms with Gasteiger partial charge in [0.1, 0.15) is 16.7 Å². The van der Waals surface area contributed by atoms with Gasteiger partial charge in [0.2, 0.25) is 5.91 Å². The lowest BCUT2D eigenvalue weighted by molar-refractivity contribution is -0.116. The summed E-state index contributed by atoms with van der Waals surface area (Å²) in [6, 6.07) is 36.5. The van der Waals surface area contributed by atoms with E-state index in [2.05, 4.69) is 16.0 Å². The van der Waals surface area contributed by atoms with Crippen molar-refractivity contribution in [3.63, 3.8) is 0 Å². The SMILES string of the molecule is COc1cccc(NC(=O)C(Sc2ccc(NC(=O)/C(=C/c3cccs3)NC(=O)c3ccccc3)cc2)c2ccccc2)c1. The number of carbonyl (C=O) groups is 3. The van der Waals surface area contributed by atoms with Crippen LogP contribution in [0.15, 0.2) is 137 Å². The zero-order valence-corrected chi connectivity index (χ0v) is 25.4. The van der Waals surface area contributed by atoms with Gasteiger partial charge in [-0.3, -0.25) is 14.4 Å². The van der Waals surface area contributed by atoms with Crippen LogP contribution in [0, 0.1) is 0 Å². The van der Waals surface area contributed by atoms with E-state index in [0.717, 1.165) is 15.3 Å². The van der Waals surface area contributed by atoms with E-state index < -0.39 is 11.2 Å². The summed E-state index contributed by atoms with van der Waals surface area (Å²) in [4.78, 5) is 41.3. The highest BCUT2D eigenvalue weighted by atomic mass is 32.2. The second kappa shape index (κ2) is 14.9. The van der Waals surface area contributed by atoms with Crippen LogP contribution in [0.3, 0.4) is 0 Å². The summed E-state index contributed by atoms with van der Waals surface area (Å²) in [5, 5.41) is 9.98. The van der Waals surface area contributed by atoms with E-state index in [1.165, 1.54) is 23.1 Å². The molecular weight excluding hydrogens is 591 g/mol. The van der Waals surface area contributed by atoms with Crippen molar-refractivity contribution in [2.75, 3.05) is 17.7 Å². The van der Waals surface area contributed by atoms with Gasteiger partial charge in [-0.2, -0.15) is 0 Å². The fourth-order valence-electron chi connectivity index (χ4n) is 4.22. The number of ether oxygens (including phenoxy) is 1. The van der Waals surface area contributed by atoms with Gasteiger partial charge in [0, 0.05) is 32.8 Å². The van der Waals surface area contributed by atoms with Crippen molar-refractivity contribution in [2.45, 2.75) is 10.1 Å². The lowest BCUT2D eigenvalue weighted by atomic mass is 10.1. The quantitative estimate of drug-likeness (QED) is 0.104. The number of methoxy groups -OCH3 is 1. The molecular formula is C35H29N3O4S2. The normalized spacial score (nSPS) is 11.7. The molecule has 0 aliphatic heterocycles. The Morgan fingerprint density at radius 2 is 1.50 bits per heavy atom. The molecule has 4 aromatic carbocycles. The largest absolute Gasteiger partial charge is 0.497 e. The van der Waals surface area contributed by atoms with Crippen LogP contribution in [-0.2, 0) is 9.59 Å². The second-order valence-electron chi connectivity index (χ2n) is 9.50. The maximum Gasteiger partial charge on any atom is 0.272 e. The van der Waals surface area contributed by atoms with Gasteiger partial charge in [0.05, 0.1) is 7.11 Å². The van der Waals surface area contributed by atoms with E-state index >= 15 is 0 Å². The number of thioether (sulfide) groups is 1. The predicted molar refractivity (Wildman–Crippen MR) is 178 cm³/mol. The van der Waals surface area contributed by atoms with E-state index in [4.69, 9.17) is 4.74 Å². The molecule has 9 heteroatoms. The molecule has 1 unspecified atom stereocenters. The van der Waals surface area contributed by atoms with E-state index in [1.807, 2.05) is 84.2 Å². The van der Waals surface area contributed by atoms with Crippen molar-refractivity contribution in [2.24, 2.45) is 0 Å². The van der Waals surface area contributed by atoms with E-state index in [-0.39, 0.29) is 17.5 Å². The van der Waals surface area contributed by atoms with Crippen molar-refractivity contribution >= 4 is 58.3 Å². The molecule has 1 atom stereocenters. The Hall–Kier alpha value is -5.12. The number of rotatable bonds is 11. The highest BCUT2D eigenvalue weighted by molar-refractivity contribution is 8.00. The van der Waals surface area contributed by atoms with Crippen LogP contribution in [0.4, 0.5) is 11.4 Å². The Morgan fingerprint density at radius 3 is 2.18 bits per heavy atom.